The third kappa shape index (κ3) is 3.87. The second-order valence-corrected chi connectivity index (χ2v) is 7.86. The van der Waals surface area contributed by atoms with Gasteiger partial charge >= 0.3 is 0 Å². The van der Waals surface area contributed by atoms with Crippen molar-refractivity contribution in [3.05, 3.63) is 111 Å². The molecule has 2 amide bonds. The van der Waals surface area contributed by atoms with E-state index in [0.29, 0.717) is 39.6 Å². The van der Waals surface area contributed by atoms with Crippen molar-refractivity contribution in [2.24, 2.45) is 0 Å². The van der Waals surface area contributed by atoms with Crippen LogP contribution in [0.25, 0.3) is 10.8 Å². The van der Waals surface area contributed by atoms with Crippen LogP contribution in [0.2, 0.25) is 0 Å². The highest BCUT2D eigenvalue weighted by Crippen LogP contribution is 2.23. The van der Waals surface area contributed by atoms with Gasteiger partial charge in [0.2, 0.25) is 0 Å². The van der Waals surface area contributed by atoms with E-state index in [2.05, 4.69) is 20.8 Å². The molecule has 0 bridgehead atoms. The lowest BCUT2D eigenvalue weighted by atomic mass is 9.95. The molecular formula is C25H19FN4O3. The number of H-pyrrole nitrogens is 1. The molecule has 1 aromatic heterocycles. The van der Waals surface area contributed by atoms with Crippen molar-refractivity contribution >= 4 is 22.6 Å². The van der Waals surface area contributed by atoms with Crippen LogP contribution in [-0.4, -0.2) is 28.6 Å². The zero-order chi connectivity index (χ0) is 22.9. The Balaban J connectivity index is 1.43. The van der Waals surface area contributed by atoms with Crippen molar-refractivity contribution in [1.82, 2.24) is 20.8 Å². The summed E-state index contributed by atoms with van der Waals surface area (Å²) in [6.07, 6.45) is 0.306. The Morgan fingerprint density at radius 3 is 2.64 bits per heavy atom. The number of fused-ring (bicyclic) bond motifs is 2. The number of carbonyl (C=O) groups excluding carboxylic acids is 2. The van der Waals surface area contributed by atoms with Crippen molar-refractivity contribution in [2.75, 3.05) is 6.54 Å². The monoisotopic (exact) mass is 442 g/mol. The SMILES string of the molecule is O=C(NC1CNC(=O)c2ccccc21)c1cc(Cc2n[nH]c(=O)c3ccccc23)ccc1F. The Morgan fingerprint density at radius 1 is 1.03 bits per heavy atom. The minimum atomic E-state index is -0.649. The van der Waals surface area contributed by atoms with Crippen LogP contribution in [0.5, 0.6) is 0 Å². The van der Waals surface area contributed by atoms with E-state index in [1.54, 1.807) is 48.5 Å². The standard InChI is InChI=1S/C25H19FN4O3/c26-20-10-9-14(12-21-15-5-1-4-8-18(15)25(33)30-29-21)11-19(20)24(32)28-22-13-27-23(31)17-7-3-2-6-16(17)22/h1-11,22H,12-13H2,(H,27,31)(H,28,32)(H,30,33). The van der Waals surface area contributed by atoms with Crippen molar-refractivity contribution in [3.8, 4) is 0 Å². The Labute approximate surface area is 187 Å². The molecule has 7 nitrogen and oxygen atoms in total. The molecule has 4 aromatic rings. The van der Waals surface area contributed by atoms with Gasteiger partial charge in [0.25, 0.3) is 17.4 Å². The van der Waals surface area contributed by atoms with E-state index in [-0.39, 0.29) is 23.6 Å². The van der Waals surface area contributed by atoms with Crippen molar-refractivity contribution < 1.29 is 14.0 Å². The van der Waals surface area contributed by atoms with Crippen molar-refractivity contribution in [3.63, 3.8) is 0 Å². The minimum absolute atomic E-state index is 0.101. The summed E-state index contributed by atoms with van der Waals surface area (Å²) in [5.74, 6) is -1.43. The van der Waals surface area contributed by atoms with E-state index >= 15 is 0 Å². The molecule has 1 aliphatic rings. The maximum atomic E-state index is 14.6. The first-order valence-electron chi connectivity index (χ1n) is 10.4. The molecule has 1 unspecified atom stereocenters. The molecule has 0 aliphatic carbocycles. The number of hydrogen-bond acceptors (Lipinski definition) is 4. The number of nitrogens with one attached hydrogen (secondary N) is 3. The number of carbonyl (C=O) groups is 2. The molecule has 1 aliphatic heterocycles. The van der Waals surface area contributed by atoms with Crippen LogP contribution in [0.4, 0.5) is 4.39 Å². The number of benzene rings is 3. The summed E-state index contributed by atoms with van der Waals surface area (Å²) < 4.78 is 14.6. The maximum Gasteiger partial charge on any atom is 0.272 e. The van der Waals surface area contributed by atoms with Crippen LogP contribution < -0.4 is 16.2 Å². The van der Waals surface area contributed by atoms with Gasteiger partial charge in [-0.05, 0) is 35.4 Å². The number of rotatable bonds is 4. The van der Waals surface area contributed by atoms with Gasteiger partial charge in [0, 0.05) is 23.9 Å². The molecule has 2 heterocycles. The first-order chi connectivity index (χ1) is 16.0. The summed E-state index contributed by atoms with van der Waals surface area (Å²) >= 11 is 0. The van der Waals surface area contributed by atoms with Crippen LogP contribution in [0.15, 0.2) is 71.5 Å². The third-order valence-corrected chi connectivity index (χ3v) is 5.77. The van der Waals surface area contributed by atoms with E-state index < -0.39 is 17.8 Å². The second-order valence-electron chi connectivity index (χ2n) is 7.86. The molecule has 3 aromatic carbocycles. The normalized spacial score (nSPS) is 15.1. The lowest BCUT2D eigenvalue weighted by molar-refractivity contribution is 0.0890. The first-order valence-corrected chi connectivity index (χ1v) is 10.4. The molecule has 0 saturated heterocycles. The van der Waals surface area contributed by atoms with E-state index in [1.807, 2.05) is 6.07 Å². The van der Waals surface area contributed by atoms with Crippen molar-refractivity contribution in [1.29, 1.82) is 0 Å². The van der Waals surface area contributed by atoms with Gasteiger partial charge in [0.05, 0.1) is 22.7 Å². The molecule has 33 heavy (non-hydrogen) atoms. The van der Waals surface area contributed by atoms with Crippen LogP contribution in [0.3, 0.4) is 0 Å². The van der Waals surface area contributed by atoms with Crippen LogP contribution in [-0.2, 0) is 6.42 Å². The second kappa shape index (κ2) is 8.31. The minimum Gasteiger partial charge on any atom is -0.350 e. The largest absolute Gasteiger partial charge is 0.350 e. The summed E-state index contributed by atoms with van der Waals surface area (Å²) in [5.41, 5.74) is 2.08. The van der Waals surface area contributed by atoms with Gasteiger partial charge in [-0.2, -0.15) is 5.10 Å². The van der Waals surface area contributed by atoms with Gasteiger partial charge in [0.15, 0.2) is 0 Å². The summed E-state index contributed by atoms with van der Waals surface area (Å²) in [5, 5.41) is 13.4. The smallest absolute Gasteiger partial charge is 0.272 e. The van der Waals surface area contributed by atoms with Gasteiger partial charge in [-0.3, -0.25) is 14.4 Å². The maximum absolute atomic E-state index is 14.6. The lowest BCUT2D eigenvalue weighted by Gasteiger charge is -2.26. The predicted molar refractivity (Wildman–Crippen MR) is 121 cm³/mol. The van der Waals surface area contributed by atoms with Gasteiger partial charge < -0.3 is 10.6 Å². The fourth-order valence-electron chi connectivity index (χ4n) is 4.13. The predicted octanol–water partition coefficient (Wildman–Crippen LogP) is 2.87. The fourth-order valence-corrected chi connectivity index (χ4v) is 4.13. The molecule has 3 N–H and O–H groups in total. The number of aromatic amines is 1. The Bertz CT molecular complexity index is 1460. The van der Waals surface area contributed by atoms with Gasteiger partial charge in [-0.15, -0.1) is 0 Å². The van der Waals surface area contributed by atoms with E-state index in [9.17, 15) is 18.8 Å². The average Bonchev–Trinajstić information content (AvgIpc) is 2.84. The van der Waals surface area contributed by atoms with E-state index in [4.69, 9.17) is 0 Å². The number of aromatic nitrogens is 2. The van der Waals surface area contributed by atoms with E-state index in [1.165, 1.54) is 12.1 Å². The van der Waals surface area contributed by atoms with Crippen molar-refractivity contribution in [2.45, 2.75) is 12.5 Å². The average molecular weight is 442 g/mol. The highest BCUT2D eigenvalue weighted by atomic mass is 19.1. The molecule has 164 valence electrons. The molecular weight excluding hydrogens is 423 g/mol. The highest BCUT2D eigenvalue weighted by Gasteiger charge is 2.27. The summed E-state index contributed by atoms with van der Waals surface area (Å²) in [6, 6.07) is 18.0. The third-order valence-electron chi connectivity index (χ3n) is 5.77. The Kier molecular flexibility index (Phi) is 5.18. The van der Waals surface area contributed by atoms with Crippen LogP contribution in [0, 0.1) is 5.82 Å². The zero-order valence-electron chi connectivity index (χ0n) is 17.4. The molecule has 0 fully saturated rings. The molecule has 5 rings (SSSR count). The van der Waals surface area contributed by atoms with E-state index in [0.717, 1.165) is 0 Å². The number of hydrogen-bond donors (Lipinski definition) is 3. The summed E-state index contributed by atoms with van der Waals surface area (Å²) in [7, 11) is 0. The molecule has 0 spiro atoms. The number of halogens is 1. The molecule has 1 atom stereocenters. The zero-order valence-corrected chi connectivity index (χ0v) is 17.4. The lowest BCUT2D eigenvalue weighted by Crippen LogP contribution is -2.43. The topological polar surface area (TPSA) is 104 Å². The quantitative estimate of drug-likeness (QED) is 0.452. The summed E-state index contributed by atoms with van der Waals surface area (Å²) in [6.45, 7) is 0.218. The molecule has 0 radical (unpaired) electrons. The molecule has 8 heteroatoms. The number of amides is 2. The highest BCUT2D eigenvalue weighted by molar-refractivity contribution is 5.98. The van der Waals surface area contributed by atoms with Gasteiger partial charge in [-0.25, -0.2) is 9.49 Å². The number of nitrogens with zero attached hydrogens (tertiary/aromatic N) is 1. The van der Waals surface area contributed by atoms with Gasteiger partial charge in [-0.1, -0.05) is 42.5 Å². The van der Waals surface area contributed by atoms with Gasteiger partial charge in [0.1, 0.15) is 5.82 Å². The Hall–Kier alpha value is -4.33. The fraction of sp³-hybridized carbons (Fsp3) is 0.120. The summed E-state index contributed by atoms with van der Waals surface area (Å²) in [4.78, 5) is 37.0. The van der Waals surface area contributed by atoms with Crippen LogP contribution >= 0.6 is 0 Å². The van der Waals surface area contributed by atoms with Crippen LogP contribution in [0.1, 0.15) is 43.6 Å². The Morgan fingerprint density at radius 2 is 1.79 bits per heavy atom. The molecule has 0 saturated carbocycles. The first kappa shape index (κ1) is 20.6.